The standard InChI is InChI=1S/C22H16Cl3F6NO/c23-17-8-14(9-18(24)19(17)25)15(21(26,27)28)6-2-11-1-3-13(16(7-11)22(29,30)31)10-32-20(33)12-4-5-12/h1-3,6-9,12,15H,4-5,10H2,(H,32,33)/b6-2+. The molecular weight excluding hydrogens is 515 g/mol. The summed E-state index contributed by atoms with van der Waals surface area (Å²) >= 11 is 17.4. The first kappa shape index (κ1) is 25.7. The van der Waals surface area contributed by atoms with Crippen LogP contribution in [0.5, 0.6) is 0 Å². The molecule has 1 fully saturated rings. The number of halogens is 9. The lowest BCUT2D eigenvalue weighted by atomic mass is 9.96. The molecule has 0 aliphatic heterocycles. The van der Waals surface area contributed by atoms with Crippen molar-refractivity contribution >= 4 is 46.8 Å². The van der Waals surface area contributed by atoms with Gasteiger partial charge in [-0.3, -0.25) is 4.79 Å². The van der Waals surface area contributed by atoms with E-state index >= 15 is 0 Å². The average Bonchev–Trinajstić information content (AvgIpc) is 3.54. The predicted octanol–water partition coefficient (Wildman–Crippen LogP) is 8.05. The van der Waals surface area contributed by atoms with Crippen LogP contribution in [0.15, 0.2) is 36.4 Å². The monoisotopic (exact) mass is 529 g/mol. The Kier molecular flexibility index (Phi) is 7.61. The minimum atomic E-state index is -4.77. The molecule has 0 saturated heterocycles. The largest absolute Gasteiger partial charge is 0.416 e. The van der Waals surface area contributed by atoms with Crippen molar-refractivity contribution in [1.29, 1.82) is 0 Å². The van der Waals surface area contributed by atoms with Gasteiger partial charge in [0.1, 0.15) is 0 Å². The number of hydrogen-bond donors (Lipinski definition) is 1. The molecule has 2 aromatic carbocycles. The number of nitrogens with one attached hydrogen (secondary N) is 1. The third-order valence-electron chi connectivity index (χ3n) is 5.04. The highest BCUT2D eigenvalue weighted by molar-refractivity contribution is 6.48. The van der Waals surface area contributed by atoms with Gasteiger partial charge in [0.05, 0.1) is 26.5 Å². The maximum Gasteiger partial charge on any atom is 0.416 e. The minimum Gasteiger partial charge on any atom is -0.352 e. The topological polar surface area (TPSA) is 29.1 Å². The van der Waals surface area contributed by atoms with E-state index in [4.69, 9.17) is 34.8 Å². The molecule has 0 radical (unpaired) electrons. The number of allylic oxidation sites excluding steroid dienone is 1. The molecule has 0 aromatic heterocycles. The summed E-state index contributed by atoms with van der Waals surface area (Å²) in [5.74, 6) is -2.67. The second kappa shape index (κ2) is 9.76. The van der Waals surface area contributed by atoms with Gasteiger partial charge in [0.2, 0.25) is 5.91 Å². The third-order valence-corrected chi connectivity index (χ3v) is 6.24. The predicted molar refractivity (Wildman–Crippen MR) is 115 cm³/mol. The highest BCUT2D eigenvalue weighted by Gasteiger charge is 2.39. The van der Waals surface area contributed by atoms with Crippen LogP contribution in [0, 0.1) is 5.92 Å². The van der Waals surface area contributed by atoms with Crippen molar-refractivity contribution in [3.05, 3.63) is 73.7 Å². The Morgan fingerprint density at radius 2 is 1.64 bits per heavy atom. The quantitative estimate of drug-likeness (QED) is 0.297. The van der Waals surface area contributed by atoms with Crippen LogP contribution in [0.3, 0.4) is 0 Å². The number of rotatable bonds is 6. The van der Waals surface area contributed by atoms with Gasteiger partial charge in [-0.15, -0.1) is 0 Å². The molecule has 1 aliphatic carbocycles. The molecule has 1 amide bonds. The highest BCUT2D eigenvalue weighted by Crippen LogP contribution is 2.41. The molecule has 1 aliphatic rings. The fourth-order valence-corrected chi connectivity index (χ4v) is 3.77. The van der Waals surface area contributed by atoms with Gasteiger partial charge in [-0.2, -0.15) is 26.3 Å². The summed E-state index contributed by atoms with van der Waals surface area (Å²) in [4.78, 5) is 11.7. The molecule has 1 N–H and O–H groups in total. The van der Waals surface area contributed by atoms with E-state index in [2.05, 4.69) is 5.32 Å². The van der Waals surface area contributed by atoms with Crippen molar-refractivity contribution in [1.82, 2.24) is 5.32 Å². The Labute approximate surface area is 200 Å². The Balaban J connectivity index is 1.90. The second-order valence-corrected chi connectivity index (χ2v) is 8.78. The van der Waals surface area contributed by atoms with E-state index in [0.717, 1.165) is 36.4 Å². The second-order valence-electron chi connectivity index (χ2n) is 7.58. The number of alkyl halides is 6. The first-order valence-electron chi connectivity index (χ1n) is 9.64. The van der Waals surface area contributed by atoms with Crippen LogP contribution in [0.2, 0.25) is 15.1 Å². The van der Waals surface area contributed by atoms with E-state index in [9.17, 15) is 31.1 Å². The summed E-state index contributed by atoms with van der Waals surface area (Å²) in [5, 5.41) is 1.99. The summed E-state index contributed by atoms with van der Waals surface area (Å²) in [6, 6.07) is 5.13. The molecule has 0 heterocycles. The lowest BCUT2D eigenvalue weighted by molar-refractivity contribution is -0.140. The van der Waals surface area contributed by atoms with Crippen LogP contribution in [-0.2, 0) is 17.5 Å². The summed E-state index contributed by atoms with van der Waals surface area (Å²) in [6.07, 6.45) is -6.46. The number of hydrogen-bond acceptors (Lipinski definition) is 1. The van der Waals surface area contributed by atoms with Gasteiger partial charge in [0, 0.05) is 12.5 Å². The van der Waals surface area contributed by atoms with Gasteiger partial charge in [0.15, 0.2) is 0 Å². The summed E-state index contributed by atoms with van der Waals surface area (Å²) in [7, 11) is 0. The van der Waals surface area contributed by atoms with E-state index < -0.39 is 23.8 Å². The van der Waals surface area contributed by atoms with Crippen molar-refractivity contribution < 1.29 is 31.1 Å². The van der Waals surface area contributed by atoms with E-state index in [0.29, 0.717) is 12.8 Å². The van der Waals surface area contributed by atoms with Gasteiger partial charge in [-0.25, -0.2) is 0 Å². The molecule has 1 unspecified atom stereocenters. The zero-order valence-corrected chi connectivity index (χ0v) is 18.9. The lowest BCUT2D eigenvalue weighted by Crippen LogP contribution is -2.25. The number of benzene rings is 2. The average molecular weight is 531 g/mol. The molecule has 3 rings (SSSR count). The normalized spacial score (nSPS) is 15.7. The maximum atomic E-state index is 13.7. The fraction of sp³-hybridized carbons (Fsp3) is 0.318. The number of carbonyl (C=O) groups is 1. The molecule has 2 nitrogen and oxygen atoms in total. The van der Waals surface area contributed by atoms with Crippen molar-refractivity contribution in [2.45, 2.75) is 37.7 Å². The number of carbonyl (C=O) groups excluding carboxylic acids is 1. The van der Waals surface area contributed by atoms with Crippen LogP contribution in [0.1, 0.15) is 41.0 Å². The van der Waals surface area contributed by atoms with Gasteiger partial charge in [-0.1, -0.05) is 59.1 Å². The maximum absolute atomic E-state index is 13.7. The van der Waals surface area contributed by atoms with Gasteiger partial charge >= 0.3 is 12.4 Å². The molecular formula is C22H16Cl3F6NO. The zero-order chi connectivity index (χ0) is 24.6. The van der Waals surface area contributed by atoms with E-state index in [1.807, 2.05) is 0 Å². The third kappa shape index (κ3) is 6.58. The van der Waals surface area contributed by atoms with Gasteiger partial charge < -0.3 is 5.32 Å². The Hall–Kier alpha value is -1.90. The molecule has 0 bridgehead atoms. The summed E-state index contributed by atoms with van der Waals surface area (Å²) < 4.78 is 81.6. The van der Waals surface area contributed by atoms with Crippen molar-refractivity contribution in [3.8, 4) is 0 Å². The molecule has 1 atom stereocenters. The van der Waals surface area contributed by atoms with Crippen molar-refractivity contribution in [2.24, 2.45) is 5.92 Å². The molecule has 1 saturated carbocycles. The molecule has 0 spiro atoms. The molecule has 178 valence electrons. The van der Waals surface area contributed by atoms with Crippen LogP contribution >= 0.6 is 34.8 Å². The highest BCUT2D eigenvalue weighted by atomic mass is 35.5. The van der Waals surface area contributed by atoms with E-state index in [1.165, 1.54) is 6.07 Å². The zero-order valence-electron chi connectivity index (χ0n) is 16.6. The van der Waals surface area contributed by atoms with Crippen LogP contribution < -0.4 is 5.32 Å². The van der Waals surface area contributed by atoms with Crippen LogP contribution in [0.4, 0.5) is 26.3 Å². The smallest absolute Gasteiger partial charge is 0.352 e. The van der Waals surface area contributed by atoms with E-state index in [1.54, 1.807) is 0 Å². The lowest BCUT2D eigenvalue weighted by Gasteiger charge is -2.19. The van der Waals surface area contributed by atoms with Crippen molar-refractivity contribution in [3.63, 3.8) is 0 Å². The van der Waals surface area contributed by atoms with Crippen molar-refractivity contribution in [2.75, 3.05) is 0 Å². The fourth-order valence-electron chi connectivity index (χ4n) is 3.16. The van der Waals surface area contributed by atoms with Crippen LogP contribution in [0.25, 0.3) is 6.08 Å². The summed E-state index contributed by atoms with van der Waals surface area (Å²) in [5.41, 5.74) is -1.63. The van der Waals surface area contributed by atoms with E-state index in [-0.39, 0.29) is 50.1 Å². The number of amides is 1. The molecule has 11 heteroatoms. The minimum absolute atomic E-state index is 0.0972. The SMILES string of the molecule is O=C(NCc1ccc(/C=C/C(c2cc(Cl)c(Cl)c(Cl)c2)C(F)(F)F)cc1C(F)(F)F)C1CC1. The molecule has 2 aromatic rings. The first-order valence-corrected chi connectivity index (χ1v) is 10.8. The Morgan fingerprint density at radius 3 is 2.15 bits per heavy atom. The first-order chi connectivity index (χ1) is 15.3. The Bertz CT molecular complexity index is 1050. The van der Waals surface area contributed by atoms with Gasteiger partial charge in [0.25, 0.3) is 0 Å². The van der Waals surface area contributed by atoms with Crippen LogP contribution in [-0.4, -0.2) is 12.1 Å². The molecule has 33 heavy (non-hydrogen) atoms. The van der Waals surface area contributed by atoms with Gasteiger partial charge in [-0.05, 0) is 47.7 Å². The Morgan fingerprint density at radius 1 is 1.03 bits per heavy atom. The summed E-state index contributed by atoms with van der Waals surface area (Å²) in [6.45, 7) is -0.332.